The summed E-state index contributed by atoms with van der Waals surface area (Å²) in [6.45, 7) is 3.57. The van der Waals surface area contributed by atoms with Crippen LogP contribution in [0.4, 0.5) is 0 Å². The van der Waals surface area contributed by atoms with Gasteiger partial charge < -0.3 is 14.7 Å². The van der Waals surface area contributed by atoms with Gasteiger partial charge in [-0.15, -0.1) is 0 Å². The van der Waals surface area contributed by atoms with E-state index in [2.05, 4.69) is 50.2 Å². The molecule has 1 spiro atoms. The van der Waals surface area contributed by atoms with E-state index in [-0.39, 0.29) is 0 Å². The van der Waals surface area contributed by atoms with Crippen molar-refractivity contribution in [2.45, 2.75) is 37.6 Å². The van der Waals surface area contributed by atoms with Crippen LogP contribution in [-0.2, 0) is 0 Å². The standard InChI is InChI=1S/C19H33N5/c1-20-17-21-11-6-18(7-13-22(2)3)16-24-14-9-19(10-15-24)8-5-12-23(19)4/h7,11,13,16-17H,5-6,8-10,12,14-15H2,1-4H3/b13-7-,18-16-,20-17-,21-11-. The highest BCUT2D eigenvalue weighted by Gasteiger charge is 2.40. The Labute approximate surface area is 147 Å². The molecule has 0 aliphatic carbocycles. The molecule has 134 valence electrons. The second kappa shape index (κ2) is 9.02. The second-order valence-electron chi connectivity index (χ2n) is 7.18. The highest BCUT2D eigenvalue weighted by molar-refractivity contribution is 5.74. The topological polar surface area (TPSA) is 34.4 Å². The molecule has 2 aliphatic rings. The van der Waals surface area contributed by atoms with E-state index in [0.717, 1.165) is 19.5 Å². The Morgan fingerprint density at radius 2 is 1.92 bits per heavy atom. The third-order valence-corrected chi connectivity index (χ3v) is 5.22. The number of aliphatic imine (C=N–C) groups is 2. The largest absolute Gasteiger partial charge is 0.383 e. The Balaban J connectivity index is 1.98. The first-order valence-electron chi connectivity index (χ1n) is 8.99. The predicted octanol–water partition coefficient (Wildman–Crippen LogP) is 2.62. The number of hydrogen-bond donors (Lipinski definition) is 0. The van der Waals surface area contributed by atoms with Gasteiger partial charge in [-0.05, 0) is 57.1 Å². The number of piperidine rings is 1. The zero-order chi connectivity index (χ0) is 17.4. The normalized spacial score (nSPS) is 22.7. The maximum absolute atomic E-state index is 4.19. The lowest BCUT2D eigenvalue weighted by Crippen LogP contribution is -2.49. The van der Waals surface area contributed by atoms with Gasteiger partial charge in [0.1, 0.15) is 6.34 Å². The van der Waals surface area contributed by atoms with Crippen LogP contribution >= 0.6 is 0 Å². The van der Waals surface area contributed by atoms with Crippen molar-refractivity contribution in [3.63, 3.8) is 0 Å². The van der Waals surface area contributed by atoms with Gasteiger partial charge >= 0.3 is 0 Å². The van der Waals surface area contributed by atoms with Crippen LogP contribution in [0.3, 0.4) is 0 Å². The maximum Gasteiger partial charge on any atom is 0.109 e. The SMILES string of the molecule is C/N=C\N=C/CC(/C=C\N(C)C)=C/N1CCC2(CCCN2C)CC1. The zero-order valence-electron chi connectivity index (χ0n) is 15.8. The van der Waals surface area contributed by atoms with E-state index in [9.17, 15) is 0 Å². The molecule has 2 rings (SSSR count). The summed E-state index contributed by atoms with van der Waals surface area (Å²) in [5.74, 6) is 0. The summed E-state index contributed by atoms with van der Waals surface area (Å²) in [5.41, 5.74) is 1.76. The van der Waals surface area contributed by atoms with E-state index in [1.54, 1.807) is 13.4 Å². The molecule has 0 saturated carbocycles. The fourth-order valence-electron chi connectivity index (χ4n) is 3.69. The fourth-order valence-corrected chi connectivity index (χ4v) is 3.69. The first-order chi connectivity index (χ1) is 11.6. The number of likely N-dealkylation sites (tertiary alicyclic amines) is 2. The minimum absolute atomic E-state index is 0.475. The molecule has 5 heteroatoms. The molecule has 2 saturated heterocycles. The molecule has 0 aromatic rings. The van der Waals surface area contributed by atoms with Crippen molar-refractivity contribution in [1.82, 2.24) is 14.7 Å². The number of rotatable bonds is 6. The van der Waals surface area contributed by atoms with Crippen LogP contribution in [0.25, 0.3) is 0 Å². The molecule has 2 fully saturated rings. The molecule has 5 nitrogen and oxygen atoms in total. The average Bonchev–Trinajstić information content (AvgIpc) is 2.91. The van der Waals surface area contributed by atoms with Gasteiger partial charge in [-0.2, -0.15) is 0 Å². The van der Waals surface area contributed by atoms with Gasteiger partial charge in [0.05, 0.1) is 0 Å². The second-order valence-corrected chi connectivity index (χ2v) is 7.18. The summed E-state index contributed by atoms with van der Waals surface area (Å²) in [4.78, 5) is 15.2. The lowest BCUT2D eigenvalue weighted by Gasteiger charge is -2.43. The number of hydrogen-bond acceptors (Lipinski definition) is 4. The van der Waals surface area contributed by atoms with Crippen molar-refractivity contribution in [3.8, 4) is 0 Å². The van der Waals surface area contributed by atoms with Crippen molar-refractivity contribution in [2.75, 3.05) is 47.8 Å². The molecular weight excluding hydrogens is 298 g/mol. The van der Waals surface area contributed by atoms with E-state index in [4.69, 9.17) is 0 Å². The molecule has 24 heavy (non-hydrogen) atoms. The maximum atomic E-state index is 4.19. The summed E-state index contributed by atoms with van der Waals surface area (Å²) in [6, 6.07) is 0. The average molecular weight is 332 g/mol. The van der Waals surface area contributed by atoms with Gasteiger partial charge in [0.2, 0.25) is 0 Å². The molecule has 0 unspecified atom stereocenters. The highest BCUT2D eigenvalue weighted by Crippen LogP contribution is 2.37. The smallest absolute Gasteiger partial charge is 0.109 e. The van der Waals surface area contributed by atoms with E-state index in [1.807, 2.05) is 20.3 Å². The van der Waals surface area contributed by atoms with Gasteiger partial charge in [-0.25, -0.2) is 4.99 Å². The summed E-state index contributed by atoms with van der Waals surface area (Å²) in [5, 5.41) is 0. The van der Waals surface area contributed by atoms with Gasteiger partial charge in [0.15, 0.2) is 0 Å². The first-order valence-corrected chi connectivity index (χ1v) is 8.99. The predicted molar refractivity (Wildman–Crippen MR) is 104 cm³/mol. The molecule has 0 amide bonds. The lowest BCUT2D eigenvalue weighted by atomic mass is 9.85. The third kappa shape index (κ3) is 5.20. The number of nitrogens with zero attached hydrogens (tertiary/aromatic N) is 5. The molecule has 2 heterocycles. The van der Waals surface area contributed by atoms with Crippen LogP contribution in [0.1, 0.15) is 32.1 Å². The van der Waals surface area contributed by atoms with Crippen LogP contribution in [0.2, 0.25) is 0 Å². The van der Waals surface area contributed by atoms with Crippen molar-refractivity contribution in [1.29, 1.82) is 0 Å². The van der Waals surface area contributed by atoms with Crippen molar-refractivity contribution in [3.05, 3.63) is 24.0 Å². The minimum atomic E-state index is 0.475. The van der Waals surface area contributed by atoms with Gasteiger partial charge in [-0.1, -0.05) is 0 Å². The van der Waals surface area contributed by atoms with E-state index >= 15 is 0 Å². The van der Waals surface area contributed by atoms with Crippen molar-refractivity contribution in [2.24, 2.45) is 9.98 Å². The molecule has 0 N–H and O–H groups in total. The zero-order valence-corrected chi connectivity index (χ0v) is 15.8. The molecular formula is C19H33N5. The van der Waals surface area contributed by atoms with Gasteiger partial charge in [-0.3, -0.25) is 4.99 Å². The Morgan fingerprint density at radius 3 is 2.50 bits per heavy atom. The molecule has 0 bridgehead atoms. The van der Waals surface area contributed by atoms with Crippen LogP contribution in [0.5, 0.6) is 0 Å². The Bertz CT molecular complexity index is 496. The summed E-state index contributed by atoms with van der Waals surface area (Å²) >= 11 is 0. The monoisotopic (exact) mass is 331 g/mol. The fraction of sp³-hybridized carbons (Fsp3) is 0.684. The first kappa shape index (κ1) is 18.7. The third-order valence-electron chi connectivity index (χ3n) is 5.22. The number of allylic oxidation sites excluding steroid dienone is 2. The van der Waals surface area contributed by atoms with Crippen LogP contribution in [-0.4, -0.2) is 80.6 Å². The van der Waals surface area contributed by atoms with Crippen LogP contribution in [0.15, 0.2) is 34.0 Å². The Hall–Kier alpha value is -1.62. The van der Waals surface area contributed by atoms with Crippen LogP contribution in [0, 0.1) is 0 Å². The van der Waals surface area contributed by atoms with Gasteiger partial charge in [0.25, 0.3) is 0 Å². The lowest BCUT2D eigenvalue weighted by molar-refractivity contribution is 0.0902. The molecule has 0 aromatic carbocycles. The van der Waals surface area contributed by atoms with Crippen molar-refractivity contribution < 1.29 is 0 Å². The quantitative estimate of drug-likeness (QED) is 0.426. The van der Waals surface area contributed by atoms with E-state index in [0.29, 0.717) is 5.54 Å². The van der Waals surface area contributed by atoms with Crippen LogP contribution < -0.4 is 0 Å². The minimum Gasteiger partial charge on any atom is -0.383 e. The highest BCUT2D eigenvalue weighted by atomic mass is 15.2. The van der Waals surface area contributed by atoms with Crippen molar-refractivity contribution >= 4 is 12.6 Å². The van der Waals surface area contributed by atoms with E-state index < -0.39 is 0 Å². The molecule has 0 atom stereocenters. The molecule has 0 radical (unpaired) electrons. The molecule has 0 aromatic heterocycles. The summed E-state index contributed by atoms with van der Waals surface area (Å²) < 4.78 is 0. The van der Waals surface area contributed by atoms with Gasteiger partial charge in [0, 0.05) is 58.6 Å². The molecule has 2 aliphatic heterocycles. The Morgan fingerprint density at radius 1 is 1.17 bits per heavy atom. The Kier molecular flexibility index (Phi) is 7.03. The summed E-state index contributed by atoms with van der Waals surface area (Å²) in [6.07, 6.45) is 16.2. The summed E-state index contributed by atoms with van der Waals surface area (Å²) in [7, 11) is 8.14. The van der Waals surface area contributed by atoms with E-state index in [1.165, 1.54) is 37.8 Å².